The molecule has 0 amide bonds. The van der Waals surface area contributed by atoms with Crippen molar-refractivity contribution in [2.45, 2.75) is 16.6 Å². The van der Waals surface area contributed by atoms with Gasteiger partial charge >= 0.3 is 0 Å². The Balaban J connectivity index is 2.36. The monoisotopic (exact) mass is 220 g/mol. The van der Waals surface area contributed by atoms with E-state index in [1.807, 2.05) is 18.2 Å². The van der Waals surface area contributed by atoms with Gasteiger partial charge in [0.15, 0.2) is 9.84 Å². The SMILES string of the molecule is O=S(=O)(c1ccccc1)C1C=CC=CC1. The summed E-state index contributed by atoms with van der Waals surface area (Å²) in [6, 6.07) is 8.59. The lowest BCUT2D eigenvalue weighted by atomic mass is 10.2. The highest BCUT2D eigenvalue weighted by molar-refractivity contribution is 7.92. The van der Waals surface area contributed by atoms with Crippen molar-refractivity contribution in [1.29, 1.82) is 0 Å². The van der Waals surface area contributed by atoms with Crippen LogP contribution in [0.25, 0.3) is 0 Å². The molecule has 15 heavy (non-hydrogen) atoms. The number of sulfone groups is 1. The van der Waals surface area contributed by atoms with Gasteiger partial charge in [0.05, 0.1) is 10.1 Å². The molecule has 0 aliphatic heterocycles. The number of benzene rings is 1. The molecular weight excluding hydrogens is 208 g/mol. The fraction of sp³-hybridized carbons (Fsp3) is 0.167. The quantitative estimate of drug-likeness (QED) is 0.766. The largest absolute Gasteiger partial charge is 0.223 e. The fourth-order valence-corrected chi connectivity index (χ4v) is 3.12. The topological polar surface area (TPSA) is 34.1 Å². The van der Waals surface area contributed by atoms with Crippen LogP contribution in [-0.2, 0) is 9.84 Å². The predicted molar refractivity (Wildman–Crippen MR) is 60.3 cm³/mol. The van der Waals surface area contributed by atoms with Crippen molar-refractivity contribution in [2.75, 3.05) is 0 Å². The van der Waals surface area contributed by atoms with E-state index in [2.05, 4.69) is 0 Å². The second-order valence-electron chi connectivity index (χ2n) is 3.45. The van der Waals surface area contributed by atoms with Crippen LogP contribution in [0.2, 0.25) is 0 Å². The van der Waals surface area contributed by atoms with Gasteiger partial charge in [0.25, 0.3) is 0 Å². The minimum absolute atomic E-state index is 0.398. The molecule has 1 aromatic rings. The average Bonchev–Trinajstić information content (AvgIpc) is 2.31. The molecule has 1 unspecified atom stereocenters. The summed E-state index contributed by atoms with van der Waals surface area (Å²) >= 11 is 0. The maximum absolute atomic E-state index is 12.1. The zero-order chi connectivity index (χ0) is 10.7. The van der Waals surface area contributed by atoms with Gasteiger partial charge in [-0.05, 0) is 18.6 Å². The first-order chi connectivity index (χ1) is 7.21. The molecule has 1 aliphatic carbocycles. The van der Waals surface area contributed by atoms with Crippen LogP contribution in [-0.4, -0.2) is 13.7 Å². The Morgan fingerprint density at radius 1 is 1.07 bits per heavy atom. The third-order valence-electron chi connectivity index (χ3n) is 2.41. The van der Waals surface area contributed by atoms with Gasteiger partial charge in [0.2, 0.25) is 0 Å². The molecule has 0 saturated carbocycles. The summed E-state index contributed by atoms with van der Waals surface area (Å²) in [5.41, 5.74) is 0. The normalized spacial score (nSPS) is 20.4. The smallest absolute Gasteiger partial charge is 0.185 e. The first-order valence-electron chi connectivity index (χ1n) is 4.83. The fourth-order valence-electron chi connectivity index (χ4n) is 1.57. The summed E-state index contributed by atoms with van der Waals surface area (Å²) in [6.45, 7) is 0. The van der Waals surface area contributed by atoms with Gasteiger partial charge in [-0.1, -0.05) is 42.5 Å². The molecule has 0 radical (unpaired) electrons. The molecule has 2 rings (SSSR count). The second kappa shape index (κ2) is 4.03. The van der Waals surface area contributed by atoms with Crippen LogP contribution in [0.15, 0.2) is 59.5 Å². The Morgan fingerprint density at radius 2 is 1.80 bits per heavy atom. The van der Waals surface area contributed by atoms with E-state index >= 15 is 0 Å². The Kier molecular flexibility index (Phi) is 2.73. The first-order valence-corrected chi connectivity index (χ1v) is 6.38. The molecule has 1 atom stereocenters. The summed E-state index contributed by atoms with van der Waals surface area (Å²) in [6.07, 6.45) is 7.84. The molecule has 2 nitrogen and oxygen atoms in total. The van der Waals surface area contributed by atoms with Crippen LogP contribution in [0, 0.1) is 0 Å². The van der Waals surface area contributed by atoms with E-state index < -0.39 is 15.1 Å². The van der Waals surface area contributed by atoms with Crippen LogP contribution in [0.5, 0.6) is 0 Å². The molecule has 0 spiro atoms. The summed E-state index contributed by atoms with van der Waals surface area (Å²) in [5.74, 6) is 0. The minimum Gasteiger partial charge on any atom is -0.223 e. The third kappa shape index (κ3) is 2.02. The molecule has 0 heterocycles. The van der Waals surface area contributed by atoms with Crippen molar-refractivity contribution in [1.82, 2.24) is 0 Å². The Hall–Kier alpha value is -1.35. The van der Waals surface area contributed by atoms with Crippen LogP contribution in [0.1, 0.15) is 6.42 Å². The van der Waals surface area contributed by atoms with E-state index in [0.29, 0.717) is 11.3 Å². The van der Waals surface area contributed by atoms with E-state index in [9.17, 15) is 8.42 Å². The van der Waals surface area contributed by atoms with Crippen LogP contribution < -0.4 is 0 Å². The second-order valence-corrected chi connectivity index (χ2v) is 5.61. The molecule has 0 fully saturated rings. The Bertz CT molecular complexity index is 484. The molecular formula is C12H12O2S. The van der Waals surface area contributed by atoms with E-state index in [1.165, 1.54) is 0 Å². The maximum atomic E-state index is 12.1. The molecule has 0 aromatic heterocycles. The molecule has 0 N–H and O–H groups in total. The molecule has 1 aromatic carbocycles. The molecule has 78 valence electrons. The number of rotatable bonds is 2. The van der Waals surface area contributed by atoms with Crippen molar-refractivity contribution in [3.05, 3.63) is 54.6 Å². The molecule has 0 saturated heterocycles. The van der Waals surface area contributed by atoms with Crippen molar-refractivity contribution in [2.24, 2.45) is 0 Å². The van der Waals surface area contributed by atoms with E-state index in [1.54, 1.807) is 36.4 Å². The highest BCUT2D eigenvalue weighted by Gasteiger charge is 2.24. The lowest BCUT2D eigenvalue weighted by molar-refractivity contribution is 0.588. The van der Waals surface area contributed by atoms with E-state index in [0.717, 1.165) is 0 Å². The van der Waals surface area contributed by atoms with E-state index in [4.69, 9.17) is 0 Å². The van der Waals surface area contributed by atoms with Crippen LogP contribution in [0.3, 0.4) is 0 Å². The minimum atomic E-state index is -3.20. The Labute approximate surface area is 89.9 Å². The molecule has 1 aliphatic rings. The van der Waals surface area contributed by atoms with Crippen LogP contribution >= 0.6 is 0 Å². The van der Waals surface area contributed by atoms with Gasteiger partial charge in [-0.2, -0.15) is 0 Å². The van der Waals surface area contributed by atoms with Gasteiger partial charge in [0.1, 0.15) is 0 Å². The summed E-state index contributed by atoms with van der Waals surface area (Å²) in [4.78, 5) is 0.398. The third-order valence-corrected chi connectivity index (χ3v) is 4.49. The van der Waals surface area contributed by atoms with Crippen molar-refractivity contribution < 1.29 is 8.42 Å². The Morgan fingerprint density at radius 3 is 2.40 bits per heavy atom. The molecule has 0 bridgehead atoms. The zero-order valence-electron chi connectivity index (χ0n) is 8.21. The predicted octanol–water partition coefficient (Wildman–Crippen LogP) is 2.35. The number of hydrogen-bond acceptors (Lipinski definition) is 2. The highest BCUT2D eigenvalue weighted by Crippen LogP contribution is 2.21. The van der Waals surface area contributed by atoms with Crippen molar-refractivity contribution in [3.8, 4) is 0 Å². The first kappa shape index (κ1) is 10.2. The summed E-state index contributed by atoms with van der Waals surface area (Å²) in [7, 11) is -3.20. The zero-order valence-corrected chi connectivity index (χ0v) is 9.02. The lowest BCUT2D eigenvalue weighted by Crippen LogP contribution is -2.19. The van der Waals surface area contributed by atoms with Crippen molar-refractivity contribution >= 4 is 9.84 Å². The number of allylic oxidation sites excluding steroid dienone is 3. The van der Waals surface area contributed by atoms with Crippen LogP contribution in [0.4, 0.5) is 0 Å². The van der Waals surface area contributed by atoms with Gasteiger partial charge in [-0.15, -0.1) is 0 Å². The average molecular weight is 220 g/mol. The van der Waals surface area contributed by atoms with Gasteiger partial charge < -0.3 is 0 Å². The summed E-state index contributed by atoms with van der Waals surface area (Å²) < 4.78 is 24.2. The highest BCUT2D eigenvalue weighted by atomic mass is 32.2. The van der Waals surface area contributed by atoms with Gasteiger partial charge in [-0.3, -0.25) is 0 Å². The van der Waals surface area contributed by atoms with E-state index in [-0.39, 0.29) is 0 Å². The summed E-state index contributed by atoms with van der Waals surface area (Å²) in [5, 5.41) is -0.412. The van der Waals surface area contributed by atoms with Gasteiger partial charge in [0, 0.05) is 0 Å². The standard InChI is InChI=1S/C12H12O2S/c13-15(14,11-7-3-1-4-8-11)12-9-5-2-6-10-12/h1-9,12H,10H2. The van der Waals surface area contributed by atoms with Gasteiger partial charge in [-0.25, -0.2) is 8.42 Å². The van der Waals surface area contributed by atoms with Crippen molar-refractivity contribution in [3.63, 3.8) is 0 Å². The molecule has 3 heteroatoms. The lowest BCUT2D eigenvalue weighted by Gasteiger charge is -2.13. The maximum Gasteiger partial charge on any atom is 0.185 e. The number of hydrogen-bond donors (Lipinski definition) is 0.